The number of hydrogen-bond donors (Lipinski definition) is 1. The van der Waals surface area contributed by atoms with Gasteiger partial charge in [0, 0.05) is 35.9 Å². The van der Waals surface area contributed by atoms with E-state index in [0.29, 0.717) is 24.0 Å². The molecule has 1 aromatic heterocycles. The molecule has 106 valence electrons. The Hall–Kier alpha value is -1.78. The van der Waals surface area contributed by atoms with Gasteiger partial charge in [0.05, 0.1) is 14.2 Å². The molecule has 5 heteroatoms. The SMILES string of the molecule is COc1cc(CNCc2cc(Cl)ccc2OC)ccn1. The van der Waals surface area contributed by atoms with Crippen LogP contribution in [0.25, 0.3) is 0 Å². The minimum absolute atomic E-state index is 0.615. The van der Waals surface area contributed by atoms with Crippen molar-refractivity contribution in [3.63, 3.8) is 0 Å². The van der Waals surface area contributed by atoms with E-state index in [1.807, 2.05) is 30.3 Å². The second-order valence-corrected chi connectivity index (χ2v) is 4.70. The van der Waals surface area contributed by atoms with E-state index in [4.69, 9.17) is 21.1 Å². The smallest absolute Gasteiger partial charge is 0.213 e. The molecule has 0 radical (unpaired) electrons. The molecule has 1 N–H and O–H groups in total. The normalized spacial score (nSPS) is 10.3. The van der Waals surface area contributed by atoms with Gasteiger partial charge < -0.3 is 14.8 Å². The highest BCUT2D eigenvalue weighted by atomic mass is 35.5. The predicted octanol–water partition coefficient (Wildman–Crippen LogP) is 3.04. The van der Waals surface area contributed by atoms with Crippen LogP contribution in [0, 0.1) is 0 Å². The first-order valence-electron chi connectivity index (χ1n) is 6.25. The Labute approximate surface area is 123 Å². The van der Waals surface area contributed by atoms with Crippen molar-refractivity contribution in [2.24, 2.45) is 0 Å². The second kappa shape index (κ2) is 7.12. The molecule has 2 aromatic rings. The largest absolute Gasteiger partial charge is 0.496 e. The van der Waals surface area contributed by atoms with E-state index >= 15 is 0 Å². The van der Waals surface area contributed by atoms with Crippen LogP contribution in [0.2, 0.25) is 5.02 Å². The van der Waals surface area contributed by atoms with Crippen molar-refractivity contribution in [3.8, 4) is 11.6 Å². The van der Waals surface area contributed by atoms with E-state index in [0.717, 1.165) is 16.9 Å². The molecule has 0 aliphatic heterocycles. The maximum Gasteiger partial charge on any atom is 0.213 e. The average molecular weight is 293 g/mol. The van der Waals surface area contributed by atoms with Gasteiger partial charge in [-0.2, -0.15) is 0 Å². The van der Waals surface area contributed by atoms with Gasteiger partial charge in [0.1, 0.15) is 5.75 Å². The molecule has 0 bridgehead atoms. The Morgan fingerprint density at radius 3 is 2.70 bits per heavy atom. The Balaban J connectivity index is 1.97. The van der Waals surface area contributed by atoms with Gasteiger partial charge in [0.25, 0.3) is 0 Å². The molecule has 4 nitrogen and oxygen atoms in total. The lowest BCUT2D eigenvalue weighted by atomic mass is 10.2. The van der Waals surface area contributed by atoms with Crippen molar-refractivity contribution in [1.82, 2.24) is 10.3 Å². The van der Waals surface area contributed by atoms with E-state index in [2.05, 4.69) is 10.3 Å². The minimum Gasteiger partial charge on any atom is -0.496 e. The van der Waals surface area contributed by atoms with Gasteiger partial charge in [-0.15, -0.1) is 0 Å². The average Bonchev–Trinajstić information content (AvgIpc) is 2.48. The first kappa shape index (κ1) is 14.6. The summed E-state index contributed by atoms with van der Waals surface area (Å²) in [7, 11) is 3.26. The number of pyridine rings is 1. The summed E-state index contributed by atoms with van der Waals surface area (Å²) >= 11 is 6.00. The van der Waals surface area contributed by atoms with Crippen molar-refractivity contribution in [2.45, 2.75) is 13.1 Å². The molecular formula is C15H17ClN2O2. The number of hydrogen-bond acceptors (Lipinski definition) is 4. The Morgan fingerprint density at radius 1 is 1.10 bits per heavy atom. The quantitative estimate of drug-likeness (QED) is 0.889. The molecule has 0 amide bonds. The molecule has 0 atom stereocenters. The van der Waals surface area contributed by atoms with Crippen molar-refractivity contribution >= 4 is 11.6 Å². The van der Waals surface area contributed by atoms with Crippen LogP contribution in [0.3, 0.4) is 0 Å². The summed E-state index contributed by atoms with van der Waals surface area (Å²) in [5, 5.41) is 4.05. The van der Waals surface area contributed by atoms with E-state index < -0.39 is 0 Å². The number of halogens is 1. The van der Waals surface area contributed by atoms with E-state index in [1.54, 1.807) is 20.4 Å². The van der Waals surface area contributed by atoms with Crippen molar-refractivity contribution < 1.29 is 9.47 Å². The topological polar surface area (TPSA) is 43.4 Å². The lowest BCUT2D eigenvalue weighted by Crippen LogP contribution is -2.13. The third-order valence-corrected chi connectivity index (χ3v) is 3.13. The summed E-state index contributed by atoms with van der Waals surface area (Å²) in [6.45, 7) is 1.39. The first-order valence-corrected chi connectivity index (χ1v) is 6.63. The molecule has 2 rings (SSSR count). The highest BCUT2D eigenvalue weighted by Crippen LogP contribution is 2.22. The second-order valence-electron chi connectivity index (χ2n) is 4.27. The highest BCUT2D eigenvalue weighted by molar-refractivity contribution is 6.30. The molecule has 0 spiro atoms. The summed E-state index contributed by atoms with van der Waals surface area (Å²) in [5.74, 6) is 1.44. The van der Waals surface area contributed by atoms with Crippen LogP contribution in [0.5, 0.6) is 11.6 Å². The Kier molecular flexibility index (Phi) is 5.21. The summed E-state index contributed by atoms with van der Waals surface area (Å²) in [6.07, 6.45) is 1.73. The fourth-order valence-corrected chi connectivity index (χ4v) is 2.09. The van der Waals surface area contributed by atoms with Gasteiger partial charge in [0.15, 0.2) is 0 Å². The summed E-state index contributed by atoms with van der Waals surface area (Å²) in [6, 6.07) is 9.44. The van der Waals surface area contributed by atoms with E-state index in [9.17, 15) is 0 Å². The highest BCUT2D eigenvalue weighted by Gasteiger charge is 2.04. The van der Waals surface area contributed by atoms with Crippen LogP contribution in [-0.4, -0.2) is 19.2 Å². The molecule has 0 fully saturated rings. The number of methoxy groups -OCH3 is 2. The number of ether oxygens (including phenoxy) is 2. The van der Waals surface area contributed by atoms with Gasteiger partial charge in [-0.3, -0.25) is 0 Å². The van der Waals surface area contributed by atoms with Gasteiger partial charge in [-0.1, -0.05) is 11.6 Å². The van der Waals surface area contributed by atoms with Crippen LogP contribution in [0.15, 0.2) is 36.5 Å². The zero-order valence-corrected chi connectivity index (χ0v) is 12.3. The maximum atomic E-state index is 6.00. The molecule has 0 aliphatic carbocycles. The van der Waals surface area contributed by atoms with Gasteiger partial charge >= 0.3 is 0 Å². The fraction of sp³-hybridized carbons (Fsp3) is 0.267. The molecule has 0 saturated heterocycles. The third kappa shape index (κ3) is 3.85. The monoisotopic (exact) mass is 292 g/mol. The number of rotatable bonds is 6. The Morgan fingerprint density at radius 2 is 1.95 bits per heavy atom. The van der Waals surface area contributed by atoms with Gasteiger partial charge in [0.2, 0.25) is 5.88 Å². The summed E-state index contributed by atoms with van der Waals surface area (Å²) in [4.78, 5) is 4.08. The number of nitrogens with one attached hydrogen (secondary N) is 1. The first-order chi connectivity index (χ1) is 9.72. The summed E-state index contributed by atoms with van der Waals surface area (Å²) in [5.41, 5.74) is 2.14. The van der Waals surface area contributed by atoms with Crippen molar-refractivity contribution in [2.75, 3.05) is 14.2 Å². The molecule has 1 heterocycles. The van der Waals surface area contributed by atoms with Crippen molar-refractivity contribution in [3.05, 3.63) is 52.7 Å². The minimum atomic E-state index is 0.615. The van der Waals surface area contributed by atoms with Crippen LogP contribution < -0.4 is 14.8 Å². The lowest BCUT2D eigenvalue weighted by molar-refractivity contribution is 0.397. The standard InChI is InChI=1S/C15H17ClN2O2/c1-19-14-4-3-13(16)8-12(14)10-17-9-11-5-6-18-15(7-11)20-2/h3-8,17H,9-10H2,1-2H3. The number of aromatic nitrogens is 1. The zero-order chi connectivity index (χ0) is 14.4. The van der Waals surface area contributed by atoms with Crippen molar-refractivity contribution in [1.29, 1.82) is 0 Å². The third-order valence-electron chi connectivity index (χ3n) is 2.90. The molecule has 0 aliphatic rings. The van der Waals surface area contributed by atoms with Gasteiger partial charge in [-0.05, 0) is 29.8 Å². The Bertz CT molecular complexity index is 576. The van der Waals surface area contributed by atoms with Crippen LogP contribution >= 0.6 is 11.6 Å². The van der Waals surface area contributed by atoms with Crippen LogP contribution in [0.1, 0.15) is 11.1 Å². The van der Waals surface area contributed by atoms with E-state index in [1.165, 1.54) is 0 Å². The molecular weight excluding hydrogens is 276 g/mol. The summed E-state index contributed by atoms with van der Waals surface area (Å²) < 4.78 is 10.4. The lowest BCUT2D eigenvalue weighted by Gasteiger charge is -2.10. The number of benzene rings is 1. The van der Waals surface area contributed by atoms with E-state index in [-0.39, 0.29) is 0 Å². The zero-order valence-electron chi connectivity index (χ0n) is 11.5. The molecule has 1 aromatic carbocycles. The number of nitrogens with zero attached hydrogens (tertiary/aromatic N) is 1. The molecule has 20 heavy (non-hydrogen) atoms. The fourth-order valence-electron chi connectivity index (χ4n) is 1.90. The molecule has 0 unspecified atom stereocenters. The molecule has 0 saturated carbocycles. The van der Waals surface area contributed by atoms with Crippen LogP contribution in [-0.2, 0) is 13.1 Å². The van der Waals surface area contributed by atoms with Gasteiger partial charge in [-0.25, -0.2) is 4.98 Å². The predicted molar refractivity (Wildman–Crippen MR) is 79.3 cm³/mol. The maximum absolute atomic E-state index is 6.00. The van der Waals surface area contributed by atoms with Crippen LogP contribution in [0.4, 0.5) is 0 Å².